The predicted octanol–water partition coefficient (Wildman–Crippen LogP) is 14.9. The number of quaternary nitrogens is 1. The van der Waals surface area contributed by atoms with Crippen LogP contribution in [-0.2, 0) is 27.9 Å². The molecule has 8 nitrogen and oxygen atoms in total. The number of esters is 1. The highest BCUT2D eigenvalue weighted by Gasteiger charge is 2.20. The second-order valence-electron chi connectivity index (χ2n) is 17.1. The second kappa shape index (κ2) is 47.1. The Kier molecular flexibility index (Phi) is 44.7. The zero-order chi connectivity index (χ0) is 47.6. The molecule has 2 atom stereocenters. The first kappa shape index (κ1) is 61.6. The molecule has 0 aliphatic heterocycles. The number of hydrogen-bond acceptors (Lipinski definition) is 7. The third-order valence-corrected chi connectivity index (χ3v) is 10.7. The van der Waals surface area contributed by atoms with E-state index in [4.69, 9.17) is 18.5 Å². The van der Waals surface area contributed by atoms with Crippen LogP contribution in [0.3, 0.4) is 0 Å². The number of allylic oxidation sites excluding steroid dienone is 22. The lowest BCUT2D eigenvalue weighted by atomic mass is 10.1. The molecule has 0 radical (unpaired) electrons. The Hall–Kier alpha value is -3.36. The van der Waals surface area contributed by atoms with Gasteiger partial charge in [0.15, 0.2) is 0 Å². The largest absolute Gasteiger partial charge is 0.756 e. The molecular formula is C56H92NO7P. The number of nitrogens with zero attached hydrogens (tertiary/aromatic N) is 1. The number of unbranched alkanes of at least 4 members (excludes halogenated alkanes) is 8. The summed E-state index contributed by atoms with van der Waals surface area (Å²) in [6, 6.07) is 0. The van der Waals surface area contributed by atoms with Gasteiger partial charge in [-0.05, 0) is 109 Å². The number of rotatable bonds is 44. The first-order chi connectivity index (χ1) is 31.6. The average Bonchev–Trinajstić information content (AvgIpc) is 3.27. The smallest absolute Gasteiger partial charge is 0.306 e. The van der Waals surface area contributed by atoms with Gasteiger partial charge in [0, 0.05) is 13.0 Å². The molecule has 368 valence electrons. The maximum atomic E-state index is 12.7. The van der Waals surface area contributed by atoms with Crippen molar-refractivity contribution in [2.24, 2.45) is 0 Å². The van der Waals surface area contributed by atoms with Crippen molar-refractivity contribution >= 4 is 13.8 Å². The second-order valence-corrected chi connectivity index (χ2v) is 18.5. The highest BCUT2D eigenvalue weighted by molar-refractivity contribution is 7.45. The van der Waals surface area contributed by atoms with Gasteiger partial charge in [0.1, 0.15) is 19.3 Å². The highest BCUT2D eigenvalue weighted by Crippen LogP contribution is 2.38. The van der Waals surface area contributed by atoms with Gasteiger partial charge in [-0.25, -0.2) is 0 Å². The summed E-state index contributed by atoms with van der Waals surface area (Å²) in [5, 5.41) is 0. The van der Waals surface area contributed by atoms with Crippen LogP contribution < -0.4 is 4.89 Å². The molecule has 0 fully saturated rings. The molecule has 0 bridgehead atoms. The topological polar surface area (TPSA) is 94.1 Å². The van der Waals surface area contributed by atoms with Crippen LogP contribution >= 0.6 is 7.82 Å². The first-order valence-electron chi connectivity index (χ1n) is 24.9. The summed E-state index contributed by atoms with van der Waals surface area (Å²) in [4.78, 5) is 25.2. The quantitative estimate of drug-likeness (QED) is 0.0197. The Bertz CT molecular complexity index is 1490. The molecular weight excluding hydrogens is 830 g/mol. The average molecular weight is 922 g/mol. The van der Waals surface area contributed by atoms with Gasteiger partial charge in [-0.2, -0.15) is 0 Å². The van der Waals surface area contributed by atoms with Gasteiger partial charge in [0.2, 0.25) is 0 Å². The van der Waals surface area contributed by atoms with Gasteiger partial charge >= 0.3 is 5.97 Å². The van der Waals surface area contributed by atoms with E-state index in [1.165, 1.54) is 6.42 Å². The Morgan fingerprint density at radius 1 is 0.477 bits per heavy atom. The highest BCUT2D eigenvalue weighted by atomic mass is 31.2. The van der Waals surface area contributed by atoms with Crippen molar-refractivity contribution in [3.63, 3.8) is 0 Å². The number of carbonyl (C=O) groups excluding carboxylic acids is 1. The van der Waals surface area contributed by atoms with Crippen LogP contribution in [0.4, 0.5) is 0 Å². The SMILES string of the molecule is CC/C=C\C/C=C\C/C=C\C/C=C\C/C=C\C/C=C\C/C=C\CCCCCC(=O)OC(COCCCCCCC/C=C\C/C=C\C/C=C\C/C=C\CC)COP(=O)([O-])OCC[N+](C)(C)C. The molecule has 2 unspecified atom stereocenters. The molecule has 0 aromatic heterocycles. The van der Waals surface area contributed by atoms with Crippen LogP contribution in [0.15, 0.2) is 134 Å². The minimum absolute atomic E-state index is 0.00632. The molecule has 0 aliphatic rings. The molecule has 0 saturated heterocycles. The molecule has 9 heteroatoms. The molecule has 0 rings (SSSR count). The molecule has 0 N–H and O–H groups in total. The van der Waals surface area contributed by atoms with E-state index in [0.717, 1.165) is 122 Å². The van der Waals surface area contributed by atoms with E-state index in [1.807, 2.05) is 21.1 Å². The Morgan fingerprint density at radius 3 is 1.26 bits per heavy atom. The molecule has 0 aliphatic carbocycles. The molecule has 0 aromatic carbocycles. The Balaban J connectivity index is 4.32. The zero-order valence-corrected chi connectivity index (χ0v) is 42.5. The van der Waals surface area contributed by atoms with E-state index >= 15 is 0 Å². The van der Waals surface area contributed by atoms with Gasteiger partial charge in [-0.15, -0.1) is 0 Å². The third kappa shape index (κ3) is 51.5. The van der Waals surface area contributed by atoms with Gasteiger partial charge in [-0.1, -0.05) is 173 Å². The summed E-state index contributed by atoms with van der Waals surface area (Å²) >= 11 is 0. The number of carbonyl (C=O) groups is 1. The van der Waals surface area contributed by atoms with Crippen LogP contribution in [0.2, 0.25) is 0 Å². The van der Waals surface area contributed by atoms with Crippen LogP contribution in [-0.4, -0.2) is 70.7 Å². The van der Waals surface area contributed by atoms with Crippen molar-refractivity contribution in [3.8, 4) is 0 Å². The van der Waals surface area contributed by atoms with Gasteiger partial charge in [0.05, 0.1) is 34.4 Å². The molecule has 0 amide bonds. The van der Waals surface area contributed by atoms with Gasteiger partial charge < -0.3 is 27.9 Å². The van der Waals surface area contributed by atoms with E-state index < -0.39 is 13.9 Å². The van der Waals surface area contributed by atoms with E-state index in [2.05, 4.69) is 148 Å². The monoisotopic (exact) mass is 922 g/mol. The van der Waals surface area contributed by atoms with Crippen molar-refractivity contribution in [2.45, 2.75) is 161 Å². The van der Waals surface area contributed by atoms with E-state index in [9.17, 15) is 14.3 Å². The number of ether oxygens (including phenoxy) is 2. The lowest BCUT2D eigenvalue weighted by Crippen LogP contribution is -2.37. The number of likely N-dealkylation sites (N-methyl/N-ethyl adjacent to an activating group) is 1. The van der Waals surface area contributed by atoms with Crippen LogP contribution in [0.5, 0.6) is 0 Å². The Morgan fingerprint density at radius 2 is 0.846 bits per heavy atom. The maximum absolute atomic E-state index is 12.7. The van der Waals surface area contributed by atoms with Gasteiger partial charge in [0.25, 0.3) is 7.82 Å². The minimum atomic E-state index is -4.56. The summed E-state index contributed by atoms with van der Waals surface area (Å²) in [6.07, 6.45) is 69.0. The fourth-order valence-corrected chi connectivity index (χ4v) is 6.66. The Labute approximate surface area is 398 Å². The normalized spacial score (nSPS) is 14.7. The molecule has 0 aromatic rings. The lowest BCUT2D eigenvalue weighted by molar-refractivity contribution is -0.870. The number of hydrogen-bond donors (Lipinski definition) is 0. The summed E-state index contributed by atoms with van der Waals surface area (Å²) in [6.45, 7) is 5.05. The minimum Gasteiger partial charge on any atom is -0.756 e. The summed E-state index contributed by atoms with van der Waals surface area (Å²) in [5.74, 6) is -0.379. The summed E-state index contributed by atoms with van der Waals surface area (Å²) in [5.41, 5.74) is 0. The van der Waals surface area contributed by atoms with Crippen LogP contribution in [0, 0.1) is 0 Å². The molecule has 65 heavy (non-hydrogen) atoms. The zero-order valence-electron chi connectivity index (χ0n) is 41.6. The summed E-state index contributed by atoms with van der Waals surface area (Å²) < 4.78 is 34.6. The van der Waals surface area contributed by atoms with Crippen LogP contribution in [0.25, 0.3) is 0 Å². The van der Waals surface area contributed by atoms with Crippen molar-refractivity contribution in [3.05, 3.63) is 134 Å². The van der Waals surface area contributed by atoms with E-state index in [-0.39, 0.29) is 32.2 Å². The number of phosphoric ester groups is 1. The van der Waals surface area contributed by atoms with Crippen molar-refractivity contribution in [1.82, 2.24) is 0 Å². The standard InChI is InChI=1S/C56H92NO7P/c1-6-8-10-12-14-16-18-20-22-24-26-27-28-29-30-31-32-33-35-37-39-41-43-45-47-49-56(58)64-55(54-63-65(59,60)62-52-50-57(3,4)5)53-61-51-48-46-44-42-40-38-36-34-25-23-21-19-17-15-13-11-9-7-2/h8-11,14-17,20-23,26-27,29-30,32-34,36-37,39,55H,6-7,12-13,18-19,24-25,28,31,35,38,40-54H2,1-5H3/b10-8-,11-9-,16-14-,17-15-,22-20-,23-21-,27-26-,30-29-,33-32-,36-34-,39-37-. The van der Waals surface area contributed by atoms with E-state index in [1.54, 1.807) is 0 Å². The van der Waals surface area contributed by atoms with E-state index in [0.29, 0.717) is 24.1 Å². The fourth-order valence-electron chi connectivity index (χ4n) is 5.93. The van der Waals surface area contributed by atoms with Crippen molar-refractivity contribution in [2.75, 3.05) is 54.1 Å². The fraction of sp³-hybridized carbons (Fsp3) is 0.589. The van der Waals surface area contributed by atoms with Crippen LogP contribution in [0.1, 0.15) is 155 Å². The first-order valence-corrected chi connectivity index (χ1v) is 26.4. The lowest BCUT2D eigenvalue weighted by Gasteiger charge is -2.28. The molecule has 0 heterocycles. The summed E-state index contributed by atoms with van der Waals surface area (Å²) in [7, 11) is 1.29. The third-order valence-electron chi connectivity index (χ3n) is 9.70. The van der Waals surface area contributed by atoms with Crippen molar-refractivity contribution in [1.29, 1.82) is 0 Å². The number of phosphoric acid groups is 1. The van der Waals surface area contributed by atoms with Gasteiger partial charge in [-0.3, -0.25) is 9.36 Å². The predicted molar refractivity (Wildman–Crippen MR) is 277 cm³/mol. The molecule has 0 saturated carbocycles. The maximum Gasteiger partial charge on any atom is 0.306 e. The molecule has 0 spiro atoms. The van der Waals surface area contributed by atoms with Crippen molar-refractivity contribution < 1.29 is 37.3 Å².